The molecule has 1 fully saturated rings. The lowest BCUT2D eigenvalue weighted by atomic mass is 10.0. The number of ether oxygens (including phenoxy) is 2. The van der Waals surface area contributed by atoms with Crippen LogP contribution in [0.4, 0.5) is 5.82 Å². The van der Waals surface area contributed by atoms with Gasteiger partial charge in [-0.05, 0) is 38.3 Å². The third-order valence-corrected chi connectivity index (χ3v) is 5.68. The molecule has 7 heteroatoms. The Balaban J connectivity index is 2.11. The molecule has 0 bridgehead atoms. The summed E-state index contributed by atoms with van der Waals surface area (Å²) in [5.74, 6) is -0.221. The van der Waals surface area contributed by atoms with Gasteiger partial charge in [0.15, 0.2) is 0 Å². The molecule has 168 valence electrons. The molecule has 1 aromatic carbocycles. The number of carbonyl (C=O) groups excluding carboxylic acids is 2. The second-order valence-corrected chi connectivity index (χ2v) is 7.77. The molecule has 0 unspecified atom stereocenters. The van der Waals surface area contributed by atoms with Gasteiger partial charge in [-0.2, -0.15) is 0 Å². The van der Waals surface area contributed by atoms with Crippen LogP contribution in [-0.2, 0) is 15.9 Å². The van der Waals surface area contributed by atoms with Crippen LogP contribution in [0, 0.1) is 0 Å². The van der Waals surface area contributed by atoms with Crippen LogP contribution >= 0.6 is 0 Å². The molecule has 32 heavy (non-hydrogen) atoms. The smallest absolute Gasteiger partial charge is 0.341 e. The number of anilines is 1. The number of aromatic nitrogens is 2. The summed E-state index contributed by atoms with van der Waals surface area (Å²) in [4.78, 5) is 28.5. The topological polar surface area (TPSA) is 73.1 Å². The molecule has 1 aliphatic rings. The highest BCUT2D eigenvalue weighted by atomic mass is 16.5. The Morgan fingerprint density at radius 2 is 1.62 bits per heavy atom. The zero-order valence-corrected chi connectivity index (χ0v) is 18.9. The number of nitrogens with zero attached hydrogens (tertiary/aromatic N) is 3. The van der Waals surface area contributed by atoms with Crippen LogP contribution in [0.3, 0.4) is 0 Å². The van der Waals surface area contributed by atoms with Crippen molar-refractivity contribution in [1.29, 1.82) is 0 Å². The standard InChI is InChI=1S/C25H29N3O4/c1-4-11-19-21(24(29)31-5-2)22(25(30)32-6-3)23-18(17-12-8-7-9-13-17)16-20(26-28(19)23)27-14-10-15-27/h7-9,12-13,16H,4-6,10-11,14-15H2,1-3H3. The first kappa shape index (κ1) is 21.9. The first-order valence-electron chi connectivity index (χ1n) is 11.3. The van der Waals surface area contributed by atoms with Crippen molar-refractivity contribution in [3.63, 3.8) is 0 Å². The van der Waals surface area contributed by atoms with Gasteiger partial charge >= 0.3 is 11.9 Å². The largest absolute Gasteiger partial charge is 0.462 e. The molecular formula is C25H29N3O4. The molecule has 3 aromatic rings. The van der Waals surface area contributed by atoms with Gasteiger partial charge < -0.3 is 14.4 Å². The third kappa shape index (κ3) is 3.83. The molecule has 2 aromatic heterocycles. The number of rotatable bonds is 8. The van der Waals surface area contributed by atoms with Gasteiger partial charge in [-0.15, -0.1) is 5.10 Å². The van der Waals surface area contributed by atoms with E-state index in [2.05, 4.69) is 4.90 Å². The van der Waals surface area contributed by atoms with Crippen molar-refractivity contribution < 1.29 is 19.1 Å². The lowest BCUT2D eigenvalue weighted by molar-refractivity contribution is 0.0480. The van der Waals surface area contributed by atoms with E-state index in [1.807, 2.05) is 43.3 Å². The molecular weight excluding hydrogens is 406 g/mol. The number of hydrogen-bond donors (Lipinski definition) is 0. The third-order valence-electron chi connectivity index (χ3n) is 5.68. The van der Waals surface area contributed by atoms with Crippen molar-refractivity contribution in [2.75, 3.05) is 31.2 Å². The van der Waals surface area contributed by atoms with E-state index < -0.39 is 11.9 Å². The zero-order valence-electron chi connectivity index (χ0n) is 18.9. The van der Waals surface area contributed by atoms with Crippen molar-refractivity contribution >= 4 is 23.3 Å². The second-order valence-electron chi connectivity index (χ2n) is 7.77. The highest BCUT2D eigenvalue weighted by molar-refractivity contribution is 6.12. The summed E-state index contributed by atoms with van der Waals surface area (Å²) in [6.45, 7) is 7.85. The van der Waals surface area contributed by atoms with E-state index in [-0.39, 0.29) is 24.3 Å². The second kappa shape index (κ2) is 9.42. The lowest BCUT2D eigenvalue weighted by Crippen LogP contribution is -2.38. The van der Waals surface area contributed by atoms with Gasteiger partial charge in [-0.25, -0.2) is 14.1 Å². The highest BCUT2D eigenvalue weighted by Crippen LogP contribution is 2.36. The number of carbonyl (C=O) groups is 2. The van der Waals surface area contributed by atoms with Crippen LogP contribution in [0.1, 0.15) is 60.0 Å². The maximum atomic E-state index is 13.2. The summed E-state index contributed by atoms with van der Waals surface area (Å²) in [5, 5.41) is 4.90. The maximum absolute atomic E-state index is 13.2. The van der Waals surface area contributed by atoms with Gasteiger partial charge in [-0.1, -0.05) is 43.7 Å². The van der Waals surface area contributed by atoms with E-state index in [0.717, 1.165) is 42.9 Å². The number of esters is 2. The average Bonchev–Trinajstić information content (AvgIpc) is 3.08. The van der Waals surface area contributed by atoms with Crippen molar-refractivity contribution in [3.8, 4) is 11.1 Å². The van der Waals surface area contributed by atoms with Crippen molar-refractivity contribution in [2.45, 2.75) is 40.0 Å². The summed E-state index contributed by atoms with van der Waals surface area (Å²) in [6.07, 6.45) is 2.49. The highest BCUT2D eigenvalue weighted by Gasteiger charge is 2.33. The van der Waals surface area contributed by atoms with Gasteiger partial charge in [0.1, 0.15) is 11.4 Å². The van der Waals surface area contributed by atoms with E-state index >= 15 is 0 Å². The number of aryl methyl sites for hydroxylation is 1. The van der Waals surface area contributed by atoms with Crippen molar-refractivity contribution in [3.05, 3.63) is 53.2 Å². The number of hydrogen-bond acceptors (Lipinski definition) is 6. The predicted octanol–water partition coefficient (Wildman–Crippen LogP) is 4.52. The van der Waals surface area contributed by atoms with Crippen LogP contribution in [0.5, 0.6) is 0 Å². The Kier molecular flexibility index (Phi) is 6.44. The molecule has 0 N–H and O–H groups in total. The first-order valence-corrected chi connectivity index (χ1v) is 11.3. The molecule has 1 aliphatic heterocycles. The fraction of sp³-hybridized carbons (Fsp3) is 0.400. The normalized spacial score (nSPS) is 13.2. The summed E-state index contributed by atoms with van der Waals surface area (Å²) < 4.78 is 12.5. The Bertz CT molecular complexity index is 1130. The summed E-state index contributed by atoms with van der Waals surface area (Å²) in [5.41, 5.74) is 3.56. The van der Waals surface area contributed by atoms with Crippen LogP contribution in [0.15, 0.2) is 36.4 Å². The molecule has 0 atom stereocenters. The van der Waals surface area contributed by atoms with Crippen LogP contribution in [0.2, 0.25) is 0 Å². The average molecular weight is 436 g/mol. The van der Waals surface area contributed by atoms with E-state index in [1.54, 1.807) is 18.4 Å². The summed E-state index contributed by atoms with van der Waals surface area (Å²) >= 11 is 0. The molecule has 0 saturated carbocycles. The van der Waals surface area contributed by atoms with Crippen LogP contribution < -0.4 is 4.90 Å². The predicted molar refractivity (Wildman–Crippen MR) is 123 cm³/mol. The fourth-order valence-corrected chi connectivity index (χ4v) is 4.13. The quantitative estimate of drug-likeness (QED) is 0.485. The van der Waals surface area contributed by atoms with Crippen molar-refractivity contribution in [1.82, 2.24) is 9.61 Å². The monoisotopic (exact) mass is 435 g/mol. The van der Waals surface area contributed by atoms with E-state index in [9.17, 15) is 9.59 Å². The Morgan fingerprint density at radius 3 is 2.19 bits per heavy atom. The molecule has 0 radical (unpaired) electrons. The van der Waals surface area contributed by atoms with Gasteiger partial charge in [-0.3, -0.25) is 0 Å². The van der Waals surface area contributed by atoms with Gasteiger partial charge in [0.2, 0.25) is 0 Å². The Morgan fingerprint density at radius 1 is 0.969 bits per heavy atom. The number of fused-ring (bicyclic) bond motifs is 1. The lowest BCUT2D eigenvalue weighted by Gasteiger charge is -2.32. The van der Waals surface area contributed by atoms with E-state index in [1.165, 1.54) is 0 Å². The first-order chi connectivity index (χ1) is 15.6. The fourth-order valence-electron chi connectivity index (χ4n) is 4.13. The maximum Gasteiger partial charge on any atom is 0.341 e. The molecule has 4 rings (SSSR count). The molecule has 7 nitrogen and oxygen atoms in total. The SMILES string of the molecule is CCCc1c(C(=O)OCC)c(C(=O)OCC)c2c(-c3ccccc3)cc(N3CCC3)nn12. The van der Waals surface area contributed by atoms with Gasteiger partial charge in [0.05, 0.1) is 30.0 Å². The summed E-state index contributed by atoms with van der Waals surface area (Å²) in [6, 6.07) is 11.9. The minimum atomic E-state index is -0.536. The van der Waals surface area contributed by atoms with Crippen LogP contribution in [-0.4, -0.2) is 47.9 Å². The van der Waals surface area contributed by atoms with E-state index in [0.29, 0.717) is 17.6 Å². The van der Waals surface area contributed by atoms with E-state index in [4.69, 9.17) is 14.6 Å². The number of benzene rings is 1. The Labute approximate surface area is 187 Å². The zero-order chi connectivity index (χ0) is 22.7. The molecule has 1 saturated heterocycles. The molecule has 0 amide bonds. The van der Waals surface area contributed by atoms with Crippen molar-refractivity contribution in [2.24, 2.45) is 0 Å². The summed E-state index contributed by atoms with van der Waals surface area (Å²) in [7, 11) is 0. The molecule has 0 spiro atoms. The minimum absolute atomic E-state index is 0.210. The molecule has 3 heterocycles. The Hall–Kier alpha value is -3.35. The van der Waals surface area contributed by atoms with Crippen LogP contribution in [0.25, 0.3) is 16.6 Å². The van der Waals surface area contributed by atoms with Gasteiger partial charge in [0, 0.05) is 18.7 Å². The van der Waals surface area contributed by atoms with Gasteiger partial charge in [0.25, 0.3) is 0 Å². The minimum Gasteiger partial charge on any atom is -0.462 e. The molecule has 0 aliphatic carbocycles.